The zero-order valence-corrected chi connectivity index (χ0v) is 12.8. The molecule has 1 aromatic rings. The molecule has 0 aliphatic carbocycles. The van der Waals surface area contributed by atoms with E-state index in [1.54, 1.807) is 11.8 Å². The Labute approximate surface area is 126 Å². The van der Waals surface area contributed by atoms with E-state index in [0.29, 0.717) is 6.54 Å². The first-order valence-corrected chi connectivity index (χ1v) is 7.71. The van der Waals surface area contributed by atoms with Gasteiger partial charge in [-0.05, 0) is 24.5 Å². The molecule has 0 fully saturated rings. The number of nitrogens with one attached hydrogen (secondary N) is 2. The lowest BCUT2D eigenvalue weighted by Gasteiger charge is -2.08. The summed E-state index contributed by atoms with van der Waals surface area (Å²) in [6, 6.07) is 2.64. The van der Waals surface area contributed by atoms with Crippen molar-refractivity contribution in [2.45, 2.75) is 6.42 Å². The molecule has 2 N–H and O–H groups in total. The molecule has 20 heavy (non-hydrogen) atoms. The Morgan fingerprint density at radius 3 is 2.75 bits per heavy atom. The number of thioether (sulfide) groups is 1. The van der Waals surface area contributed by atoms with Crippen molar-refractivity contribution in [3.05, 3.63) is 32.8 Å². The standard InChI is InChI=1S/C12H16ClN3O3S/c1-14-11-9(13)6-8(7-10(11)16(18)19)12(17)15-4-3-5-20-2/h6-7,14H,3-5H2,1-2H3,(H,15,17). The Balaban J connectivity index is 2.90. The summed E-state index contributed by atoms with van der Waals surface area (Å²) in [5.41, 5.74) is 0.176. The van der Waals surface area contributed by atoms with E-state index in [2.05, 4.69) is 10.6 Å². The van der Waals surface area contributed by atoms with Gasteiger partial charge in [-0.25, -0.2) is 0 Å². The summed E-state index contributed by atoms with van der Waals surface area (Å²) in [5, 5.41) is 16.5. The molecule has 0 saturated heterocycles. The van der Waals surface area contributed by atoms with Gasteiger partial charge in [-0.2, -0.15) is 11.8 Å². The largest absolute Gasteiger partial charge is 0.381 e. The van der Waals surface area contributed by atoms with Crippen LogP contribution in [0.25, 0.3) is 0 Å². The number of hydrogen-bond donors (Lipinski definition) is 2. The van der Waals surface area contributed by atoms with Crippen LogP contribution >= 0.6 is 23.4 Å². The van der Waals surface area contributed by atoms with Gasteiger partial charge in [0.25, 0.3) is 11.6 Å². The van der Waals surface area contributed by atoms with E-state index < -0.39 is 4.92 Å². The first kappa shape index (κ1) is 16.6. The number of carbonyl (C=O) groups is 1. The Morgan fingerprint density at radius 2 is 2.20 bits per heavy atom. The van der Waals surface area contributed by atoms with Crippen molar-refractivity contribution >= 4 is 40.6 Å². The van der Waals surface area contributed by atoms with Crippen LogP contribution in [-0.4, -0.2) is 36.4 Å². The van der Waals surface area contributed by atoms with Gasteiger partial charge in [-0.15, -0.1) is 0 Å². The van der Waals surface area contributed by atoms with Crippen LogP contribution in [0.3, 0.4) is 0 Å². The fourth-order valence-electron chi connectivity index (χ4n) is 1.64. The second-order valence-corrected chi connectivity index (χ2v) is 5.35. The number of nitro benzene ring substituents is 1. The Hall–Kier alpha value is -1.47. The number of nitrogens with zero attached hydrogens (tertiary/aromatic N) is 1. The highest BCUT2D eigenvalue weighted by Crippen LogP contribution is 2.33. The molecule has 0 bridgehead atoms. The van der Waals surface area contributed by atoms with Gasteiger partial charge in [-0.1, -0.05) is 11.6 Å². The molecule has 1 aromatic carbocycles. The molecule has 0 saturated carbocycles. The average molecular weight is 318 g/mol. The smallest absolute Gasteiger partial charge is 0.294 e. The third-order valence-electron chi connectivity index (χ3n) is 2.59. The topological polar surface area (TPSA) is 84.3 Å². The van der Waals surface area contributed by atoms with Gasteiger partial charge in [0.05, 0.1) is 9.95 Å². The summed E-state index contributed by atoms with van der Waals surface area (Å²) in [4.78, 5) is 22.3. The number of carbonyl (C=O) groups excluding carboxylic acids is 1. The minimum absolute atomic E-state index is 0.149. The van der Waals surface area contributed by atoms with E-state index in [1.807, 2.05) is 6.26 Å². The first-order chi connectivity index (χ1) is 9.51. The van der Waals surface area contributed by atoms with Crippen LogP contribution in [0.15, 0.2) is 12.1 Å². The van der Waals surface area contributed by atoms with Crippen molar-refractivity contribution in [2.75, 3.05) is 30.9 Å². The molecule has 1 rings (SSSR count). The van der Waals surface area contributed by atoms with Crippen LogP contribution in [0.4, 0.5) is 11.4 Å². The van der Waals surface area contributed by atoms with Crippen molar-refractivity contribution in [3.8, 4) is 0 Å². The second kappa shape index (κ2) is 7.96. The Bertz CT molecular complexity index is 511. The quantitative estimate of drug-likeness (QED) is 0.459. The Morgan fingerprint density at radius 1 is 1.50 bits per heavy atom. The minimum Gasteiger partial charge on any atom is -0.381 e. The maximum Gasteiger partial charge on any atom is 0.294 e. The van der Waals surface area contributed by atoms with Gasteiger partial charge in [0.1, 0.15) is 5.69 Å². The molecule has 1 amide bonds. The van der Waals surface area contributed by atoms with Crippen LogP contribution in [0.2, 0.25) is 5.02 Å². The average Bonchev–Trinajstić information content (AvgIpc) is 2.42. The number of halogens is 1. The van der Waals surface area contributed by atoms with Gasteiger partial charge in [0.2, 0.25) is 0 Å². The van der Waals surface area contributed by atoms with Crippen LogP contribution < -0.4 is 10.6 Å². The maximum absolute atomic E-state index is 11.9. The highest BCUT2D eigenvalue weighted by Gasteiger charge is 2.20. The summed E-state index contributed by atoms with van der Waals surface area (Å²) in [7, 11) is 1.54. The number of benzene rings is 1. The summed E-state index contributed by atoms with van der Waals surface area (Å²) >= 11 is 7.65. The van der Waals surface area contributed by atoms with Crippen molar-refractivity contribution in [1.82, 2.24) is 5.32 Å². The number of anilines is 1. The van der Waals surface area contributed by atoms with Gasteiger partial charge in [0.15, 0.2) is 0 Å². The van der Waals surface area contributed by atoms with Crippen LogP contribution in [-0.2, 0) is 0 Å². The van der Waals surface area contributed by atoms with Gasteiger partial charge >= 0.3 is 0 Å². The van der Waals surface area contributed by atoms with E-state index in [4.69, 9.17) is 11.6 Å². The zero-order chi connectivity index (χ0) is 15.1. The number of hydrogen-bond acceptors (Lipinski definition) is 5. The molecule has 0 aliphatic heterocycles. The van der Waals surface area contributed by atoms with Gasteiger partial charge in [-0.3, -0.25) is 14.9 Å². The number of amides is 1. The molecule has 0 unspecified atom stereocenters. The van der Waals surface area contributed by atoms with Crippen molar-refractivity contribution in [3.63, 3.8) is 0 Å². The number of nitro groups is 1. The number of rotatable bonds is 7. The van der Waals surface area contributed by atoms with E-state index in [1.165, 1.54) is 19.2 Å². The second-order valence-electron chi connectivity index (χ2n) is 3.96. The van der Waals surface area contributed by atoms with E-state index in [-0.39, 0.29) is 27.9 Å². The van der Waals surface area contributed by atoms with Crippen LogP contribution in [0, 0.1) is 10.1 Å². The molecule has 0 aliphatic rings. The normalized spacial score (nSPS) is 10.2. The predicted molar refractivity (Wildman–Crippen MR) is 83.0 cm³/mol. The summed E-state index contributed by atoms with van der Waals surface area (Å²) < 4.78 is 0. The Kier molecular flexibility index (Phi) is 6.60. The van der Waals surface area contributed by atoms with Crippen molar-refractivity contribution < 1.29 is 9.72 Å². The van der Waals surface area contributed by atoms with Crippen LogP contribution in [0.5, 0.6) is 0 Å². The highest BCUT2D eigenvalue weighted by atomic mass is 35.5. The molecule has 6 nitrogen and oxygen atoms in total. The van der Waals surface area contributed by atoms with Crippen LogP contribution in [0.1, 0.15) is 16.8 Å². The lowest BCUT2D eigenvalue weighted by molar-refractivity contribution is -0.383. The third-order valence-corrected chi connectivity index (χ3v) is 3.58. The molecule has 0 heterocycles. The highest BCUT2D eigenvalue weighted by molar-refractivity contribution is 7.98. The van der Waals surface area contributed by atoms with Gasteiger partial charge in [0, 0.05) is 25.2 Å². The molecule has 0 aromatic heterocycles. The molecular formula is C12H16ClN3O3S. The zero-order valence-electron chi connectivity index (χ0n) is 11.2. The van der Waals surface area contributed by atoms with Crippen molar-refractivity contribution in [2.24, 2.45) is 0 Å². The monoisotopic (exact) mass is 317 g/mol. The third kappa shape index (κ3) is 4.28. The predicted octanol–water partition coefficient (Wildman–Crippen LogP) is 2.77. The lowest BCUT2D eigenvalue weighted by Crippen LogP contribution is -2.25. The molecule has 0 atom stereocenters. The SMILES string of the molecule is CNc1c(Cl)cc(C(=O)NCCCSC)cc1[N+](=O)[O-]. The lowest BCUT2D eigenvalue weighted by atomic mass is 10.1. The maximum atomic E-state index is 11.9. The summed E-state index contributed by atoms with van der Waals surface area (Å²) in [6.07, 6.45) is 2.83. The molecule has 0 spiro atoms. The van der Waals surface area contributed by atoms with E-state index >= 15 is 0 Å². The fourth-order valence-corrected chi connectivity index (χ4v) is 2.38. The minimum atomic E-state index is -0.567. The summed E-state index contributed by atoms with van der Waals surface area (Å²) in [6.45, 7) is 0.527. The summed E-state index contributed by atoms with van der Waals surface area (Å²) in [5.74, 6) is 0.582. The van der Waals surface area contributed by atoms with E-state index in [0.717, 1.165) is 12.2 Å². The van der Waals surface area contributed by atoms with E-state index in [9.17, 15) is 14.9 Å². The first-order valence-electron chi connectivity index (χ1n) is 5.94. The molecular weight excluding hydrogens is 302 g/mol. The van der Waals surface area contributed by atoms with Crippen molar-refractivity contribution in [1.29, 1.82) is 0 Å². The fraction of sp³-hybridized carbons (Fsp3) is 0.417. The molecule has 0 radical (unpaired) electrons. The molecule has 8 heteroatoms. The molecule has 110 valence electrons. The van der Waals surface area contributed by atoms with Gasteiger partial charge < -0.3 is 10.6 Å².